The number of anilines is 1. The van der Waals surface area contributed by atoms with E-state index in [-0.39, 0.29) is 23.0 Å². The number of hydrogen-bond donors (Lipinski definition) is 2. The van der Waals surface area contributed by atoms with Crippen molar-refractivity contribution in [3.05, 3.63) is 23.8 Å². The molecule has 0 spiro atoms. The first kappa shape index (κ1) is 14.5. The van der Waals surface area contributed by atoms with E-state index in [4.69, 9.17) is 5.73 Å². The highest BCUT2D eigenvalue weighted by atomic mass is 32.2. The maximum absolute atomic E-state index is 12.1. The predicted molar refractivity (Wildman–Crippen MR) is 70.9 cm³/mol. The molecule has 0 radical (unpaired) electrons. The van der Waals surface area contributed by atoms with Gasteiger partial charge < -0.3 is 11.1 Å². The Hall–Kier alpha value is -1.56. The highest BCUT2D eigenvalue weighted by Gasteiger charge is 2.18. The van der Waals surface area contributed by atoms with Crippen molar-refractivity contribution in [3.8, 4) is 0 Å². The largest absolute Gasteiger partial charge is 0.399 e. The van der Waals surface area contributed by atoms with Crippen LogP contribution in [-0.2, 0) is 14.6 Å². The van der Waals surface area contributed by atoms with Gasteiger partial charge in [0.2, 0.25) is 5.91 Å². The third kappa shape index (κ3) is 3.73. The van der Waals surface area contributed by atoms with Crippen molar-refractivity contribution < 1.29 is 13.2 Å². The van der Waals surface area contributed by atoms with Crippen LogP contribution in [0.4, 0.5) is 5.69 Å². The zero-order valence-corrected chi connectivity index (χ0v) is 11.4. The number of nitrogen functional groups attached to an aromatic ring is 1. The van der Waals surface area contributed by atoms with Gasteiger partial charge in [-0.3, -0.25) is 4.79 Å². The number of rotatable bonds is 5. The first-order chi connectivity index (χ1) is 8.36. The average molecular weight is 270 g/mol. The average Bonchev–Trinajstić information content (AvgIpc) is 2.30. The Balaban J connectivity index is 2.87. The highest BCUT2D eigenvalue weighted by Crippen LogP contribution is 2.20. The van der Waals surface area contributed by atoms with Crippen molar-refractivity contribution in [2.24, 2.45) is 0 Å². The molecule has 0 saturated heterocycles. The molecule has 1 aromatic carbocycles. The van der Waals surface area contributed by atoms with Gasteiger partial charge in [0.25, 0.3) is 0 Å². The summed E-state index contributed by atoms with van der Waals surface area (Å²) in [6.45, 7) is 3.99. The molecule has 6 heteroatoms. The molecule has 5 nitrogen and oxygen atoms in total. The van der Waals surface area contributed by atoms with Crippen LogP contribution in [0.2, 0.25) is 0 Å². The number of amides is 1. The van der Waals surface area contributed by atoms with Crippen molar-refractivity contribution in [2.75, 3.05) is 18.0 Å². The number of nitrogens with two attached hydrogens (primary N) is 1. The minimum atomic E-state index is -3.47. The normalized spacial score (nSPS) is 11.2. The molecule has 0 fully saturated rings. The lowest BCUT2D eigenvalue weighted by atomic mass is 10.2. The Morgan fingerprint density at radius 1 is 1.39 bits per heavy atom. The van der Waals surface area contributed by atoms with Gasteiger partial charge in [0.1, 0.15) is 0 Å². The lowest BCUT2D eigenvalue weighted by Gasteiger charge is -2.08. The zero-order valence-electron chi connectivity index (χ0n) is 10.6. The smallest absolute Gasteiger partial charge is 0.221 e. The molecular formula is C12H18N2O3S. The number of benzene rings is 1. The molecule has 0 aliphatic carbocycles. The van der Waals surface area contributed by atoms with E-state index in [1.165, 1.54) is 6.07 Å². The van der Waals surface area contributed by atoms with E-state index in [2.05, 4.69) is 5.32 Å². The Bertz CT molecular complexity index is 538. The fourth-order valence-electron chi connectivity index (χ4n) is 1.57. The topological polar surface area (TPSA) is 89.3 Å². The summed E-state index contributed by atoms with van der Waals surface area (Å²) in [5.41, 5.74) is 6.62. The summed E-state index contributed by atoms with van der Waals surface area (Å²) in [6, 6.07) is 4.74. The van der Waals surface area contributed by atoms with E-state index in [1.54, 1.807) is 26.0 Å². The SMILES string of the molecule is CCNC(=O)CCS(=O)(=O)c1cc(N)ccc1C. The Kier molecular flexibility index (Phi) is 4.72. The van der Waals surface area contributed by atoms with Crippen molar-refractivity contribution >= 4 is 21.4 Å². The maximum atomic E-state index is 12.1. The van der Waals surface area contributed by atoms with Crippen molar-refractivity contribution in [3.63, 3.8) is 0 Å². The molecule has 0 unspecified atom stereocenters. The van der Waals surface area contributed by atoms with Gasteiger partial charge in [0.05, 0.1) is 10.6 Å². The van der Waals surface area contributed by atoms with E-state index in [9.17, 15) is 13.2 Å². The first-order valence-corrected chi connectivity index (χ1v) is 7.37. The lowest BCUT2D eigenvalue weighted by Crippen LogP contribution is -2.25. The standard InChI is InChI=1S/C12H18N2O3S/c1-3-14-12(15)6-7-18(16,17)11-8-10(13)5-4-9(11)2/h4-5,8H,3,6-7,13H2,1-2H3,(H,14,15). The molecular weight excluding hydrogens is 252 g/mol. The third-order valence-electron chi connectivity index (χ3n) is 2.52. The monoisotopic (exact) mass is 270 g/mol. The van der Waals surface area contributed by atoms with Crippen LogP contribution in [0, 0.1) is 6.92 Å². The maximum Gasteiger partial charge on any atom is 0.221 e. The summed E-state index contributed by atoms with van der Waals surface area (Å²) in [7, 11) is -3.47. The van der Waals surface area contributed by atoms with Crippen LogP contribution in [0.5, 0.6) is 0 Å². The molecule has 3 N–H and O–H groups in total. The number of nitrogens with one attached hydrogen (secondary N) is 1. The molecule has 100 valence electrons. The van der Waals surface area contributed by atoms with Gasteiger partial charge in [-0.15, -0.1) is 0 Å². The van der Waals surface area contributed by atoms with Gasteiger partial charge in [-0.1, -0.05) is 6.07 Å². The second kappa shape index (κ2) is 5.86. The van der Waals surface area contributed by atoms with Gasteiger partial charge in [-0.2, -0.15) is 0 Å². The second-order valence-corrected chi connectivity index (χ2v) is 6.12. The number of carbonyl (C=O) groups is 1. The fraction of sp³-hybridized carbons (Fsp3) is 0.417. The number of carbonyl (C=O) groups excluding carboxylic acids is 1. The van der Waals surface area contributed by atoms with Gasteiger partial charge in [0, 0.05) is 18.7 Å². The van der Waals surface area contributed by atoms with Crippen molar-refractivity contribution in [1.82, 2.24) is 5.32 Å². The van der Waals surface area contributed by atoms with Crippen LogP contribution < -0.4 is 11.1 Å². The van der Waals surface area contributed by atoms with Gasteiger partial charge in [-0.05, 0) is 31.5 Å². The molecule has 0 saturated carbocycles. The van der Waals surface area contributed by atoms with E-state index >= 15 is 0 Å². The lowest BCUT2D eigenvalue weighted by molar-refractivity contribution is -0.120. The van der Waals surface area contributed by atoms with Crippen LogP contribution in [0.3, 0.4) is 0 Å². The Morgan fingerprint density at radius 2 is 2.06 bits per heavy atom. The van der Waals surface area contributed by atoms with E-state index in [1.807, 2.05) is 0 Å². The predicted octanol–water partition coefficient (Wildman–Crippen LogP) is 0.877. The Labute approximate surface area is 107 Å². The van der Waals surface area contributed by atoms with Crippen LogP contribution in [0.15, 0.2) is 23.1 Å². The minimum Gasteiger partial charge on any atom is -0.399 e. The van der Waals surface area contributed by atoms with Crippen molar-refractivity contribution in [2.45, 2.75) is 25.2 Å². The summed E-state index contributed by atoms with van der Waals surface area (Å²) in [4.78, 5) is 11.5. The first-order valence-electron chi connectivity index (χ1n) is 5.72. The molecule has 0 aromatic heterocycles. The van der Waals surface area contributed by atoms with Crippen LogP contribution in [-0.4, -0.2) is 26.6 Å². The van der Waals surface area contributed by atoms with Crippen molar-refractivity contribution in [1.29, 1.82) is 0 Å². The molecule has 0 bridgehead atoms. The molecule has 18 heavy (non-hydrogen) atoms. The molecule has 1 rings (SSSR count). The minimum absolute atomic E-state index is 0.0373. The van der Waals surface area contributed by atoms with Gasteiger partial charge >= 0.3 is 0 Å². The summed E-state index contributed by atoms with van der Waals surface area (Å²) >= 11 is 0. The van der Waals surface area contributed by atoms with Crippen LogP contribution in [0.25, 0.3) is 0 Å². The molecule has 1 amide bonds. The number of aryl methyl sites for hydroxylation is 1. The van der Waals surface area contributed by atoms with Crippen LogP contribution in [0.1, 0.15) is 18.9 Å². The zero-order chi connectivity index (χ0) is 13.8. The fourth-order valence-corrected chi connectivity index (χ4v) is 3.12. The summed E-state index contributed by atoms with van der Waals surface area (Å²) in [6.07, 6.45) is -0.0373. The summed E-state index contributed by atoms with van der Waals surface area (Å²) in [5.74, 6) is -0.467. The summed E-state index contributed by atoms with van der Waals surface area (Å²) < 4.78 is 24.2. The van der Waals surface area contributed by atoms with Gasteiger partial charge in [0.15, 0.2) is 9.84 Å². The van der Waals surface area contributed by atoms with Crippen LogP contribution >= 0.6 is 0 Å². The number of hydrogen-bond acceptors (Lipinski definition) is 4. The molecule has 0 heterocycles. The highest BCUT2D eigenvalue weighted by molar-refractivity contribution is 7.91. The molecule has 0 aliphatic heterocycles. The van der Waals surface area contributed by atoms with Gasteiger partial charge in [-0.25, -0.2) is 8.42 Å². The summed E-state index contributed by atoms with van der Waals surface area (Å²) in [5, 5.41) is 2.57. The third-order valence-corrected chi connectivity index (χ3v) is 4.37. The Morgan fingerprint density at radius 3 is 2.67 bits per heavy atom. The second-order valence-electron chi connectivity index (χ2n) is 4.05. The molecule has 1 aromatic rings. The van der Waals surface area contributed by atoms with E-state index in [0.717, 1.165) is 0 Å². The van der Waals surface area contributed by atoms with E-state index in [0.29, 0.717) is 17.8 Å². The van der Waals surface area contributed by atoms with E-state index < -0.39 is 9.84 Å². The molecule has 0 atom stereocenters. The quantitative estimate of drug-likeness (QED) is 0.777. The number of sulfone groups is 1. The molecule has 0 aliphatic rings.